The summed E-state index contributed by atoms with van der Waals surface area (Å²) >= 11 is 0. The predicted molar refractivity (Wildman–Crippen MR) is 71.9 cm³/mol. The van der Waals surface area contributed by atoms with Gasteiger partial charge in [0.05, 0.1) is 12.7 Å². The number of carbonyl (C=O) groups is 1. The molecule has 0 heterocycles. The third kappa shape index (κ3) is 2.79. The van der Waals surface area contributed by atoms with E-state index >= 15 is 0 Å². The minimum atomic E-state index is -0.342. The van der Waals surface area contributed by atoms with Crippen LogP contribution in [0.2, 0.25) is 0 Å². The van der Waals surface area contributed by atoms with Gasteiger partial charge in [-0.15, -0.1) is 0 Å². The Morgan fingerprint density at radius 3 is 2.44 bits per heavy atom. The molecule has 0 bridgehead atoms. The molecule has 0 aliphatic heterocycles. The standard InChI is InChI=1S/C14H14N2O2/c1-18-14(17)10-5-7-12(8-6-10)16-13-4-2-3-11(15)9-13/h2-9,16H,15H2,1H3. The van der Waals surface area contributed by atoms with Crippen molar-refractivity contribution in [3.63, 3.8) is 0 Å². The fourth-order valence-corrected chi connectivity index (χ4v) is 1.59. The molecule has 0 unspecified atom stereocenters. The van der Waals surface area contributed by atoms with Crippen molar-refractivity contribution in [2.24, 2.45) is 0 Å². The minimum Gasteiger partial charge on any atom is -0.465 e. The number of rotatable bonds is 3. The molecule has 4 nitrogen and oxygen atoms in total. The van der Waals surface area contributed by atoms with E-state index in [0.717, 1.165) is 11.4 Å². The highest BCUT2D eigenvalue weighted by Gasteiger charge is 2.04. The van der Waals surface area contributed by atoms with Crippen molar-refractivity contribution in [1.29, 1.82) is 0 Å². The first-order chi connectivity index (χ1) is 8.69. The highest BCUT2D eigenvalue weighted by molar-refractivity contribution is 5.89. The number of anilines is 3. The van der Waals surface area contributed by atoms with Crippen LogP contribution in [-0.2, 0) is 4.74 Å². The van der Waals surface area contributed by atoms with Crippen molar-refractivity contribution < 1.29 is 9.53 Å². The van der Waals surface area contributed by atoms with E-state index in [1.165, 1.54) is 7.11 Å². The smallest absolute Gasteiger partial charge is 0.337 e. The molecule has 2 aromatic rings. The number of methoxy groups -OCH3 is 1. The van der Waals surface area contributed by atoms with Gasteiger partial charge < -0.3 is 15.8 Å². The number of ether oxygens (including phenoxy) is 1. The normalized spacial score (nSPS) is 9.83. The molecular formula is C14H14N2O2. The van der Waals surface area contributed by atoms with E-state index < -0.39 is 0 Å². The predicted octanol–water partition coefficient (Wildman–Crippen LogP) is 2.80. The van der Waals surface area contributed by atoms with Gasteiger partial charge in [0.25, 0.3) is 0 Å². The van der Waals surface area contributed by atoms with Crippen molar-refractivity contribution in [2.75, 3.05) is 18.2 Å². The average molecular weight is 242 g/mol. The maximum Gasteiger partial charge on any atom is 0.337 e. The molecule has 2 aromatic carbocycles. The summed E-state index contributed by atoms with van der Waals surface area (Å²) in [5, 5.41) is 3.20. The van der Waals surface area contributed by atoms with Gasteiger partial charge in [0.1, 0.15) is 0 Å². The highest BCUT2D eigenvalue weighted by Crippen LogP contribution is 2.19. The molecule has 18 heavy (non-hydrogen) atoms. The number of carbonyl (C=O) groups excluding carboxylic acids is 1. The summed E-state index contributed by atoms with van der Waals surface area (Å²) in [5.74, 6) is -0.342. The lowest BCUT2D eigenvalue weighted by atomic mass is 10.2. The van der Waals surface area contributed by atoms with Crippen LogP contribution in [0, 0.1) is 0 Å². The fraction of sp³-hybridized carbons (Fsp3) is 0.0714. The Kier molecular flexibility index (Phi) is 3.48. The third-order valence-electron chi connectivity index (χ3n) is 2.48. The Morgan fingerprint density at radius 2 is 1.83 bits per heavy atom. The summed E-state index contributed by atoms with van der Waals surface area (Å²) in [4.78, 5) is 11.3. The summed E-state index contributed by atoms with van der Waals surface area (Å²) in [6.07, 6.45) is 0. The van der Waals surface area contributed by atoms with Crippen LogP contribution in [0.15, 0.2) is 48.5 Å². The first-order valence-electron chi connectivity index (χ1n) is 5.50. The van der Waals surface area contributed by atoms with Gasteiger partial charge in [-0.3, -0.25) is 0 Å². The van der Waals surface area contributed by atoms with Gasteiger partial charge in [0.2, 0.25) is 0 Å². The molecule has 3 N–H and O–H groups in total. The molecule has 0 spiro atoms. The van der Waals surface area contributed by atoms with Crippen LogP contribution in [0.25, 0.3) is 0 Å². The lowest BCUT2D eigenvalue weighted by Gasteiger charge is -2.07. The van der Waals surface area contributed by atoms with Gasteiger partial charge in [0.15, 0.2) is 0 Å². The molecule has 0 aliphatic rings. The monoisotopic (exact) mass is 242 g/mol. The van der Waals surface area contributed by atoms with E-state index in [4.69, 9.17) is 5.73 Å². The van der Waals surface area contributed by atoms with Crippen LogP contribution >= 0.6 is 0 Å². The molecule has 0 saturated carbocycles. The van der Waals surface area contributed by atoms with Crippen LogP contribution in [-0.4, -0.2) is 13.1 Å². The second-order valence-corrected chi connectivity index (χ2v) is 3.82. The Bertz CT molecular complexity index is 550. The number of nitrogens with two attached hydrogens (primary N) is 1. The van der Waals surface area contributed by atoms with Crippen molar-refractivity contribution in [3.8, 4) is 0 Å². The summed E-state index contributed by atoms with van der Waals surface area (Å²) in [6, 6.07) is 14.5. The van der Waals surface area contributed by atoms with E-state index in [-0.39, 0.29) is 5.97 Å². The lowest BCUT2D eigenvalue weighted by Crippen LogP contribution is -2.00. The molecular weight excluding hydrogens is 228 g/mol. The topological polar surface area (TPSA) is 64.3 Å². The minimum absolute atomic E-state index is 0.342. The number of esters is 1. The Morgan fingerprint density at radius 1 is 1.11 bits per heavy atom. The largest absolute Gasteiger partial charge is 0.465 e. The first-order valence-corrected chi connectivity index (χ1v) is 5.50. The van der Waals surface area contributed by atoms with E-state index in [9.17, 15) is 4.79 Å². The zero-order valence-electron chi connectivity index (χ0n) is 10.0. The summed E-state index contributed by atoms with van der Waals surface area (Å²) in [5.41, 5.74) is 8.70. The number of nitrogen functional groups attached to an aromatic ring is 1. The molecule has 0 saturated heterocycles. The van der Waals surface area contributed by atoms with E-state index in [1.54, 1.807) is 12.1 Å². The number of hydrogen-bond donors (Lipinski definition) is 2. The quantitative estimate of drug-likeness (QED) is 0.641. The molecule has 0 radical (unpaired) electrons. The summed E-state index contributed by atoms with van der Waals surface area (Å²) in [7, 11) is 1.36. The number of benzene rings is 2. The van der Waals surface area contributed by atoms with Crippen molar-refractivity contribution in [1.82, 2.24) is 0 Å². The molecule has 2 rings (SSSR count). The third-order valence-corrected chi connectivity index (χ3v) is 2.48. The molecule has 0 aromatic heterocycles. The number of hydrogen-bond acceptors (Lipinski definition) is 4. The van der Waals surface area contributed by atoms with Crippen LogP contribution in [0.4, 0.5) is 17.1 Å². The van der Waals surface area contributed by atoms with Crippen LogP contribution < -0.4 is 11.1 Å². The van der Waals surface area contributed by atoms with Crippen LogP contribution in [0.1, 0.15) is 10.4 Å². The van der Waals surface area contributed by atoms with E-state index in [0.29, 0.717) is 11.3 Å². The maximum absolute atomic E-state index is 11.3. The summed E-state index contributed by atoms with van der Waals surface area (Å²) < 4.78 is 4.63. The highest BCUT2D eigenvalue weighted by atomic mass is 16.5. The molecule has 0 amide bonds. The van der Waals surface area contributed by atoms with E-state index in [2.05, 4.69) is 10.1 Å². The Labute approximate surface area is 105 Å². The van der Waals surface area contributed by atoms with Gasteiger partial charge in [-0.25, -0.2) is 4.79 Å². The SMILES string of the molecule is COC(=O)c1ccc(Nc2cccc(N)c2)cc1. The van der Waals surface area contributed by atoms with Gasteiger partial charge in [0, 0.05) is 17.1 Å². The molecule has 92 valence electrons. The Hall–Kier alpha value is -2.49. The van der Waals surface area contributed by atoms with Crippen LogP contribution in [0.3, 0.4) is 0 Å². The molecule has 4 heteroatoms. The van der Waals surface area contributed by atoms with Crippen molar-refractivity contribution in [3.05, 3.63) is 54.1 Å². The molecule has 0 fully saturated rings. The van der Waals surface area contributed by atoms with Crippen LogP contribution in [0.5, 0.6) is 0 Å². The fourth-order valence-electron chi connectivity index (χ4n) is 1.59. The lowest BCUT2D eigenvalue weighted by molar-refractivity contribution is 0.0601. The van der Waals surface area contributed by atoms with Gasteiger partial charge in [-0.1, -0.05) is 6.07 Å². The number of nitrogens with one attached hydrogen (secondary N) is 1. The molecule has 0 atom stereocenters. The van der Waals surface area contributed by atoms with Gasteiger partial charge in [-0.2, -0.15) is 0 Å². The van der Waals surface area contributed by atoms with Gasteiger partial charge in [-0.05, 0) is 42.5 Å². The zero-order chi connectivity index (χ0) is 13.0. The average Bonchev–Trinajstić information content (AvgIpc) is 2.39. The maximum atomic E-state index is 11.3. The Balaban J connectivity index is 2.13. The van der Waals surface area contributed by atoms with Crippen molar-refractivity contribution >= 4 is 23.0 Å². The van der Waals surface area contributed by atoms with Crippen molar-refractivity contribution in [2.45, 2.75) is 0 Å². The zero-order valence-corrected chi connectivity index (χ0v) is 10.0. The first kappa shape index (κ1) is 12.0. The van der Waals surface area contributed by atoms with E-state index in [1.807, 2.05) is 36.4 Å². The summed E-state index contributed by atoms with van der Waals surface area (Å²) in [6.45, 7) is 0. The molecule has 0 aliphatic carbocycles. The second-order valence-electron chi connectivity index (χ2n) is 3.82. The second kappa shape index (κ2) is 5.23. The van der Waals surface area contributed by atoms with Gasteiger partial charge >= 0.3 is 5.97 Å².